The summed E-state index contributed by atoms with van der Waals surface area (Å²) in [6.07, 6.45) is 12.2. The van der Waals surface area contributed by atoms with Crippen LogP contribution in [0.2, 0.25) is 0 Å². The minimum atomic E-state index is -1.04. The van der Waals surface area contributed by atoms with Gasteiger partial charge in [-0.3, -0.25) is 14.4 Å². The van der Waals surface area contributed by atoms with Crippen molar-refractivity contribution < 1.29 is 24.2 Å². The fourth-order valence-electron chi connectivity index (χ4n) is 2.73. The summed E-state index contributed by atoms with van der Waals surface area (Å²) in [6.45, 7) is 4.24. The highest BCUT2D eigenvalue weighted by atomic mass is 16.5. The summed E-state index contributed by atoms with van der Waals surface area (Å²) in [5.74, 6) is -1.60. The summed E-state index contributed by atoms with van der Waals surface area (Å²) < 4.78 is 5.16. The van der Waals surface area contributed by atoms with Crippen LogP contribution in [0.25, 0.3) is 0 Å². The first-order chi connectivity index (χ1) is 12.5. The number of carboxylic acid groups (broad SMARTS) is 1. The van der Waals surface area contributed by atoms with Crippen LogP contribution in [-0.2, 0) is 19.1 Å². The van der Waals surface area contributed by atoms with E-state index in [-0.39, 0.29) is 31.1 Å². The number of ether oxygens (including phenoxy) is 1. The number of esters is 1. The first-order valence-corrected chi connectivity index (χ1v) is 10.1. The predicted octanol–water partition coefficient (Wildman–Crippen LogP) is 3.86. The van der Waals surface area contributed by atoms with Gasteiger partial charge in [-0.25, -0.2) is 0 Å². The maximum atomic E-state index is 11.6. The van der Waals surface area contributed by atoms with Gasteiger partial charge in [0.05, 0.1) is 25.5 Å². The van der Waals surface area contributed by atoms with Crippen molar-refractivity contribution in [2.75, 3.05) is 13.2 Å². The van der Waals surface area contributed by atoms with E-state index in [0.717, 1.165) is 12.8 Å². The van der Waals surface area contributed by atoms with Gasteiger partial charge in [-0.2, -0.15) is 0 Å². The molecular formula is C20H37NO5. The molecule has 0 bridgehead atoms. The molecule has 152 valence electrons. The SMILES string of the molecule is CCCCCCCCCCCCOC(=O)CCNC(CC(=O)O)C(C)=O. The number of Topliss-reactive ketones (excluding diaryl/α,β-unsaturated/α-hetero) is 1. The average Bonchev–Trinajstić information content (AvgIpc) is 2.58. The summed E-state index contributed by atoms with van der Waals surface area (Å²) in [7, 11) is 0. The van der Waals surface area contributed by atoms with Crippen LogP contribution in [0, 0.1) is 0 Å². The molecule has 0 aliphatic rings. The van der Waals surface area contributed by atoms with E-state index in [0.29, 0.717) is 6.61 Å². The van der Waals surface area contributed by atoms with Gasteiger partial charge in [0.25, 0.3) is 0 Å². The lowest BCUT2D eigenvalue weighted by atomic mass is 10.1. The molecule has 6 heteroatoms. The number of aliphatic carboxylic acids is 1. The van der Waals surface area contributed by atoms with Crippen LogP contribution >= 0.6 is 0 Å². The molecule has 0 spiro atoms. The van der Waals surface area contributed by atoms with E-state index < -0.39 is 12.0 Å². The van der Waals surface area contributed by atoms with Crippen LogP contribution in [0.1, 0.15) is 90.9 Å². The van der Waals surface area contributed by atoms with Gasteiger partial charge in [0, 0.05) is 6.54 Å². The number of carboxylic acids is 1. The van der Waals surface area contributed by atoms with Crippen molar-refractivity contribution in [3.8, 4) is 0 Å². The number of carbonyl (C=O) groups excluding carboxylic acids is 2. The Morgan fingerprint density at radius 1 is 0.923 bits per heavy atom. The lowest BCUT2D eigenvalue weighted by Gasteiger charge is -2.13. The van der Waals surface area contributed by atoms with E-state index in [9.17, 15) is 14.4 Å². The molecule has 2 N–H and O–H groups in total. The largest absolute Gasteiger partial charge is 0.481 e. The summed E-state index contributed by atoms with van der Waals surface area (Å²) in [5.41, 5.74) is 0. The molecule has 26 heavy (non-hydrogen) atoms. The van der Waals surface area contributed by atoms with E-state index in [4.69, 9.17) is 9.84 Å². The monoisotopic (exact) mass is 371 g/mol. The Bertz CT molecular complexity index is 398. The van der Waals surface area contributed by atoms with Crippen LogP contribution < -0.4 is 5.32 Å². The molecule has 0 fully saturated rings. The molecule has 0 heterocycles. The van der Waals surface area contributed by atoms with Crippen LogP contribution in [0.4, 0.5) is 0 Å². The number of rotatable bonds is 18. The quantitative estimate of drug-likeness (QED) is 0.281. The molecule has 0 aliphatic carbocycles. The maximum absolute atomic E-state index is 11.6. The van der Waals surface area contributed by atoms with Gasteiger partial charge in [0.2, 0.25) is 0 Å². The molecule has 0 aromatic heterocycles. The molecule has 1 atom stereocenters. The normalized spacial score (nSPS) is 11.9. The number of nitrogens with one attached hydrogen (secondary N) is 1. The van der Waals surface area contributed by atoms with Crippen molar-refractivity contribution in [1.82, 2.24) is 5.32 Å². The van der Waals surface area contributed by atoms with Crippen LogP contribution in [0.3, 0.4) is 0 Å². The Morgan fingerprint density at radius 2 is 1.46 bits per heavy atom. The summed E-state index contributed by atoms with van der Waals surface area (Å²) in [5, 5.41) is 11.5. The highest BCUT2D eigenvalue weighted by Gasteiger charge is 2.17. The van der Waals surface area contributed by atoms with Crippen LogP contribution in [0.15, 0.2) is 0 Å². The van der Waals surface area contributed by atoms with Crippen molar-refractivity contribution in [3.63, 3.8) is 0 Å². The second kappa shape index (κ2) is 17.0. The number of ketones is 1. The highest BCUT2D eigenvalue weighted by Crippen LogP contribution is 2.10. The van der Waals surface area contributed by atoms with E-state index in [1.165, 1.54) is 58.3 Å². The fraction of sp³-hybridized carbons (Fsp3) is 0.850. The molecule has 0 amide bonds. The van der Waals surface area contributed by atoms with E-state index in [1.807, 2.05) is 0 Å². The van der Waals surface area contributed by atoms with Gasteiger partial charge >= 0.3 is 11.9 Å². The Balaban J connectivity index is 3.49. The Labute approximate surface area is 158 Å². The van der Waals surface area contributed by atoms with Crippen molar-refractivity contribution >= 4 is 17.7 Å². The molecule has 0 aliphatic heterocycles. The molecule has 0 aromatic rings. The van der Waals surface area contributed by atoms with Gasteiger partial charge in [-0.15, -0.1) is 0 Å². The summed E-state index contributed by atoms with van der Waals surface area (Å²) in [6, 6.07) is -0.748. The molecule has 0 aromatic carbocycles. The van der Waals surface area contributed by atoms with E-state index >= 15 is 0 Å². The molecule has 6 nitrogen and oxygen atoms in total. The fourth-order valence-corrected chi connectivity index (χ4v) is 2.73. The molecule has 1 unspecified atom stereocenters. The van der Waals surface area contributed by atoms with E-state index in [1.54, 1.807) is 0 Å². The topological polar surface area (TPSA) is 92.7 Å². The first kappa shape index (κ1) is 24.6. The lowest BCUT2D eigenvalue weighted by Crippen LogP contribution is -2.38. The molecule has 0 rings (SSSR count). The van der Waals surface area contributed by atoms with Crippen molar-refractivity contribution in [2.24, 2.45) is 0 Å². The van der Waals surface area contributed by atoms with Crippen LogP contribution in [0.5, 0.6) is 0 Å². The zero-order valence-corrected chi connectivity index (χ0v) is 16.6. The third-order valence-electron chi connectivity index (χ3n) is 4.35. The highest BCUT2D eigenvalue weighted by molar-refractivity contribution is 5.85. The van der Waals surface area contributed by atoms with Gasteiger partial charge < -0.3 is 15.2 Å². The van der Waals surface area contributed by atoms with Crippen molar-refractivity contribution in [1.29, 1.82) is 0 Å². The number of hydrogen-bond donors (Lipinski definition) is 2. The Morgan fingerprint density at radius 3 is 1.96 bits per heavy atom. The Kier molecular flexibility index (Phi) is 16.1. The van der Waals surface area contributed by atoms with Crippen molar-refractivity contribution in [2.45, 2.75) is 96.9 Å². The summed E-state index contributed by atoms with van der Waals surface area (Å²) in [4.78, 5) is 33.6. The minimum absolute atomic E-state index is 0.140. The zero-order valence-electron chi connectivity index (χ0n) is 16.6. The van der Waals surface area contributed by atoms with E-state index in [2.05, 4.69) is 12.2 Å². The molecule has 0 saturated heterocycles. The van der Waals surface area contributed by atoms with Crippen LogP contribution in [-0.4, -0.2) is 42.0 Å². The van der Waals surface area contributed by atoms with Crippen molar-refractivity contribution in [3.05, 3.63) is 0 Å². The third kappa shape index (κ3) is 16.1. The van der Waals surface area contributed by atoms with Gasteiger partial charge in [0.1, 0.15) is 5.78 Å². The minimum Gasteiger partial charge on any atom is -0.481 e. The second-order valence-electron chi connectivity index (χ2n) is 6.87. The average molecular weight is 372 g/mol. The first-order valence-electron chi connectivity index (χ1n) is 10.1. The lowest BCUT2D eigenvalue weighted by molar-refractivity contribution is -0.143. The van der Waals surface area contributed by atoms with Gasteiger partial charge in [0.15, 0.2) is 0 Å². The van der Waals surface area contributed by atoms with Gasteiger partial charge in [-0.1, -0.05) is 64.7 Å². The summed E-state index contributed by atoms with van der Waals surface area (Å²) >= 11 is 0. The predicted molar refractivity (Wildman–Crippen MR) is 102 cm³/mol. The Hall–Kier alpha value is -1.43. The number of hydrogen-bond acceptors (Lipinski definition) is 5. The molecule has 0 saturated carbocycles. The zero-order chi connectivity index (χ0) is 19.6. The third-order valence-corrected chi connectivity index (χ3v) is 4.35. The number of unbranched alkanes of at least 4 members (excludes halogenated alkanes) is 9. The second-order valence-corrected chi connectivity index (χ2v) is 6.87. The molecular weight excluding hydrogens is 334 g/mol. The smallest absolute Gasteiger partial charge is 0.307 e. The maximum Gasteiger partial charge on any atom is 0.307 e. The molecule has 0 radical (unpaired) electrons. The standard InChI is InChI=1S/C20H37NO5/c1-3-4-5-6-7-8-9-10-11-12-15-26-20(25)13-14-21-18(17(2)22)16-19(23)24/h18,21H,3-16H2,1-2H3,(H,23,24). The van der Waals surface area contributed by atoms with Gasteiger partial charge in [-0.05, 0) is 13.3 Å². The number of carbonyl (C=O) groups is 3.